The van der Waals surface area contributed by atoms with Gasteiger partial charge in [0.25, 0.3) is 0 Å². The topological polar surface area (TPSA) is 12.0 Å². The third-order valence-corrected chi connectivity index (χ3v) is 3.04. The lowest BCUT2D eigenvalue weighted by Gasteiger charge is -2.18. The summed E-state index contributed by atoms with van der Waals surface area (Å²) in [5.74, 6) is 0. The van der Waals surface area contributed by atoms with E-state index in [-0.39, 0.29) is 6.04 Å². The van der Waals surface area contributed by atoms with Crippen LogP contribution < -0.4 is 5.32 Å². The van der Waals surface area contributed by atoms with Crippen molar-refractivity contribution in [2.75, 3.05) is 7.05 Å². The Morgan fingerprint density at radius 3 is 1.65 bits per heavy atom. The van der Waals surface area contributed by atoms with Crippen molar-refractivity contribution < 1.29 is 0 Å². The van der Waals surface area contributed by atoms with Crippen molar-refractivity contribution in [2.45, 2.75) is 19.9 Å². The molecule has 2 rings (SSSR count). The predicted octanol–water partition coefficient (Wildman–Crippen LogP) is 3.61. The Labute approximate surface area is 103 Å². The Morgan fingerprint density at radius 1 is 0.824 bits per heavy atom. The van der Waals surface area contributed by atoms with Gasteiger partial charge in [0.1, 0.15) is 0 Å². The van der Waals surface area contributed by atoms with Crippen LogP contribution in [0.25, 0.3) is 0 Å². The highest BCUT2D eigenvalue weighted by Crippen LogP contribution is 2.23. The lowest BCUT2D eigenvalue weighted by atomic mass is 9.96. The summed E-state index contributed by atoms with van der Waals surface area (Å²) in [4.78, 5) is 0. The molecule has 0 saturated carbocycles. The first-order chi connectivity index (χ1) is 8.20. The molecule has 0 amide bonds. The molecule has 88 valence electrons. The molecule has 17 heavy (non-hydrogen) atoms. The summed E-state index contributed by atoms with van der Waals surface area (Å²) < 4.78 is 0. The first-order valence-electron chi connectivity index (χ1n) is 6.01. The van der Waals surface area contributed by atoms with Gasteiger partial charge in [0.15, 0.2) is 0 Å². The van der Waals surface area contributed by atoms with Crippen LogP contribution in [0.4, 0.5) is 0 Å². The van der Waals surface area contributed by atoms with E-state index < -0.39 is 0 Å². The van der Waals surface area contributed by atoms with Gasteiger partial charge in [0.2, 0.25) is 0 Å². The largest absolute Gasteiger partial charge is 0.309 e. The maximum Gasteiger partial charge on any atom is 0.0574 e. The van der Waals surface area contributed by atoms with Gasteiger partial charge in [-0.2, -0.15) is 0 Å². The molecule has 0 radical (unpaired) electrons. The SMILES string of the molecule is CNC(c1cccc(C)c1)c1cccc(C)c1. The quantitative estimate of drug-likeness (QED) is 0.841. The van der Waals surface area contributed by atoms with Crippen LogP contribution in [0.3, 0.4) is 0 Å². The summed E-state index contributed by atoms with van der Waals surface area (Å²) in [6.45, 7) is 4.26. The van der Waals surface area contributed by atoms with Crippen LogP contribution in [0.2, 0.25) is 0 Å². The van der Waals surface area contributed by atoms with Crippen molar-refractivity contribution in [2.24, 2.45) is 0 Å². The second kappa shape index (κ2) is 5.15. The molecule has 0 spiro atoms. The molecule has 0 fully saturated rings. The number of nitrogens with one attached hydrogen (secondary N) is 1. The number of hydrogen-bond donors (Lipinski definition) is 1. The van der Waals surface area contributed by atoms with E-state index in [1.54, 1.807) is 0 Å². The predicted molar refractivity (Wildman–Crippen MR) is 73.3 cm³/mol. The molecule has 0 aliphatic rings. The number of hydrogen-bond acceptors (Lipinski definition) is 1. The summed E-state index contributed by atoms with van der Waals surface area (Å²) >= 11 is 0. The minimum Gasteiger partial charge on any atom is -0.309 e. The molecule has 0 saturated heterocycles. The molecular formula is C16H19N. The molecule has 0 atom stereocenters. The molecule has 0 aliphatic carbocycles. The van der Waals surface area contributed by atoms with E-state index in [0.717, 1.165) is 0 Å². The highest BCUT2D eigenvalue weighted by Gasteiger charge is 2.11. The highest BCUT2D eigenvalue weighted by molar-refractivity contribution is 5.35. The van der Waals surface area contributed by atoms with Crippen LogP contribution in [0.5, 0.6) is 0 Å². The van der Waals surface area contributed by atoms with Crippen molar-refractivity contribution in [3.63, 3.8) is 0 Å². The Hall–Kier alpha value is -1.60. The van der Waals surface area contributed by atoms with Gasteiger partial charge in [0.05, 0.1) is 6.04 Å². The molecule has 0 heterocycles. The fourth-order valence-corrected chi connectivity index (χ4v) is 2.23. The average molecular weight is 225 g/mol. The van der Waals surface area contributed by atoms with Crippen LogP contribution in [-0.4, -0.2) is 7.05 Å². The van der Waals surface area contributed by atoms with E-state index in [1.807, 2.05) is 7.05 Å². The van der Waals surface area contributed by atoms with Gasteiger partial charge in [-0.15, -0.1) is 0 Å². The zero-order valence-electron chi connectivity index (χ0n) is 10.7. The molecule has 0 aromatic heterocycles. The van der Waals surface area contributed by atoms with Gasteiger partial charge < -0.3 is 5.32 Å². The first kappa shape index (κ1) is 11.9. The Morgan fingerprint density at radius 2 is 1.29 bits per heavy atom. The molecule has 0 unspecified atom stereocenters. The van der Waals surface area contributed by atoms with Crippen LogP contribution in [-0.2, 0) is 0 Å². The van der Waals surface area contributed by atoms with E-state index in [1.165, 1.54) is 22.3 Å². The fraction of sp³-hybridized carbons (Fsp3) is 0.250. The minimum atomic E-state index is 0.273. The van der Waals surface area contributed by atoms with Crippen LogP contribution in [0, 0.1) is 13.8 Å². The molecular weight excluding hydrogens is 206 g/mol. The summed E-state index contributed by atoms with van der Waals surface area (Å²) in [6, 6.07) is 17.6. The Kier molecular flexibility index (Phi) is 3.60. The number of benzene rings is 2. The average Bonchev–Trinajstić information content (AvgIpc) is 2.30. The molecule has 0 bridgehead atoms. The van der Waals surface area contributed by atoms with Gasteiger partial charge in [-0.1, -0.05) is 59.7 Å². The van der Waals surface area contributed by atoms with Gasteiger partial charge in [0, 0.05) is 0 Å². The molecule has 2 aromatic rings. The lowest BCUT2D eigenvalue weighted by molar-refractivity contribution is 0.691. The second-order valence-corrected chi connectivity index (χ2v) is 4.55. The first-order valence-corrected chi connectivity index (χ1v) is 6.01. The summed E-state index contributed by atoms with van der Waals surface area (Å²) in [5, 5.41) is 3.39. The summed E-state index contributed by atoms with van der Waals surface area (Å²) in [7, 11) is 2.01. The molecule has 2 aromatic carbocycles. The van der Waals surface area contributed by atoms with Crippen molar-refractivity contribution in [3.8, 4) is 0 Å². The lowest BCUT2D eigenvalue weighted by Crippen LogP contribution is -2.17. The van der Waals surface area contributed by atoms with Crippen LogP contribution in [0.15, 0.2) is 48.5 Å². The Balaban J connectivity index is 2.40. The van der Waals surface area contributed by atoms with E-state index in [0.29, 0.717) is 0 Å². The molecule has 0 aliphatic heterocycles. The summed E-state index contributed by atoms with van der Waals surface area (Å²) in [6.07, 6.45) is 0. The van der Waals surface area contributed by atoms with Gasteiger partial charge in [-0.05, 0) is 32.0 Å². The van der Waals surface area contributed by atoms with Crippen molar-refractivity contribution in [3.05, 3.63) is 70.8 Å². The third kappa shape index (κ3) is 2.75. The van der Waals surface area contributed by atoms with Gasteiger partial charge in [-0.25, -0.2) is 0 Å². The van der Waals surface area contributed by atoms with Gasteiger partial charge >= 0.3 is 0 Å². The number of rotatable bonds is 3. The zero-order chi connectivity index (χ0) is 12.3. The minimum absolute atomic E-state index is 0.273. The molecule has 1 N–H and O–H groups in total. The molecule has 1 nitrogen and oxygen atoms in total. The standard InChI is InChI=1S/C16H19N/c1-12-6-4-8-14(10-12)16(17-3)15-9-5-7-13(2)11-15/h4-11,16-17H,1-3H3. The van der Waals surface area contributed by atoms with Gasteiger partial charge in [-0.3, -0.25) is 0 Å². The monoisotopic (exact) mass is 225 g/mol. The van der Waals surface area contributed by atoms with Crippen molar-refractivity contribution in [1.29, 1.82) is 0 Å². The maximum absolute atomic E-state index is 3.39. The van der Waals surface area contributed by atoms with Crippen molar-refractivity contribution in [1.82, 2.24) is 5.32 Å². The highest BCUT2D eigenvalue weighted by atomic mass is 14.9. The fourth-order valence-electron chi connectivity index (χ4n) is 2.23. The van der Waals surface area contributed by atoms with Crippen LogP contribution >= 0.6 is 0 Å². The van der Waals surface area contributed by atoms with E-state index >= 15 is 0 Å². The third-order valence-electron chi connectivity index (χ3n) is 3.04. The van der Waals surface area contributed by atoms with Crippen LogP contribution in [0.1, 0.15) is 28.3 Å². The number of aryl methyl sites for hydroxylation is 2. The summed E-state index contributed by atoms with van der Waals surface area (Å²) in [5.41, 5.74) is 5.24. The van der Waals surface area contributed by atoms with E-state index in [4.69, 9.17) is 0 Å². The maximum atomic E-state index is 3.39. The normalized spacial score (nSPS) is 10.8. The zero-order valence-corrected chi connectivity index (χ0v) is 10.7. The van der Waals surface area contributed by atoms with E-state index in [2.05, 4.69) is 67.7 Å². The smallest absolute Gasteiger partial charge is 0.0574 e. The Bertz CT molecular complexity index is 457. The van der Waals surface area contributed by atoms with Crippen molar-refractivity contribution >= 4 is 0 Å². The molecule has 1 heteroatoms. The van der Waals surface area contributed by atoms with E-state index in [9.17, 15) is 0 Å². The second-order valence-electron chi connectivity index (χ2n) is 4.55.